The van der Waals surface area contributed by atoms with Gasteiger partial charge in [0.25, 0.3) is 11.6 Å². The summed E-state index contributed by atoms with van der Waals surface area (Å²) >= 11 is 0. The van der Waals surface area contributed by atoms with Crippen LogP contribution in [0.5, 0.6) is 0 Å². The quantitative estimate of drug-likeness (QED) is 0.491. The molecule has 1 fully saturated rings. The Balaban J connectivity index is 1.71. The molecule has 1 aromatic rings. The molecule has 7 heteroatoms. The van der Waals surface area contributed by atoms with Crippen molar-refractivity contribution < 1.29 is 14.5 Å². The molecule has 0 bridgehead atoms. The highest BCUT2D eigenvalue weighted by Crippen LogP contribution is 2.12. The molecule has 1 saturated heterocycles. The second kappa shape index (κ2) is 8.03. The van der Waals surface area contributed by atoms with Crippen LogP contribution in [0, 0.1) is 10.1 Å². The number of amides is 1. The minimum absolute atomic E-state index is 0.0166. The number of rotatable bonds is 6. The minimum atomic E-state index is -0.480. The zero-order valence-corrected chi connectivity index (χ0v) is 13.5. The SMILES string of the molecule is CC1CN(CCCNC(=O)c2ccc([N+](=O)[O-])cc2)CC(C)O1. The molecule has 1 amide bonds. The van der Waals surface area contributed by atoms with Crippen molar-refractivity contribution in [2.45, 2.75) is 32.5 Å². The zero-order chi connectivity index (χ0) is 16.8. The summed E-state index contributed by atoms with van der Waals surface area (Å²) in [6, 6.07) is 5.62. The molecule has 0 aliphatic carbocycles. The van der Waals surface area contributed by atoms with E-state index in [-0.39, 0.29) is 23.8 Å². The molecule has 2 unspecified atom stereocenters. The molecule has 2 atom stereocenters. The predicted molar refractivity (Wildman–Crippen MR) is 86.5 cm³/mol. The van der Waals surface area contributed by atoms with Crippen LogP contribution in [0.1, 0.15) is 30.6 Å². The maximum atomic E-state index is 12.0. The molecule has 1 aliphatic rings. The second-order valence-corrected chi connectivity index (χ2v) is 5.93. The van der Waals surface area contributed by atoms with E-state index in [1.807, 2.05) is 0 Å². The van der Waals surface area contributed by atoms with E-state index in [0.717, 1.165) is 26.1 Å². The number of hydrogen-bond donors (Lipinski definition) is 1. The summed E-state index contributed by atoms with van der Waals surface area (Å²) in [6.07, 6.45) is 1.35. The van der Waals surface area contributed by atoms with Crippen LogP contribution < -0.4 is 5.32 Å². The van der Waals surface area contributed by atoms with Gasteiger partial charge in [0, 0.05) is 43.9 Å². The second-order valence-electron chi connectivity index (χ2n) is 5.93. The molecule has 1 heterocycles. The van der Waals surface area contributed by atoms with E-state index in [0.29, 0.717) is 12.1 Å². The highest BCUT2D eigenvalue weighted by Gasteiger charge is 2.21. The Labute approximate surface area is 135 Å². The first kappa shape index (κ1) is 17.4. The maximum Gasteiger partial charge on any atom is 0.269 e. The smallest absolute Gasteiger partial charge is 0.269 e. The fourth-order valence-electron chi connectivity index (χ4n) is 2.81. The van der Waals surface area contributed by atoms with Crippen LogP contribution in [0.15, 0.2) is 24.3 Å². The van der Waals surface area contributed by atoms with Crippen LogP contribution in [0.25, 0.3) is 0 Å². The maximum absolute atomic E-state index is 12.0. The highest BCUT2D eigenvalue weighted by molar-refractivity contribution is 5.94. The van der Waals surface area contributed by atoms with Gasteiger partial charge in [-0.2, -0.15) is 0 Å². The van der Waals surface area contributed by atoms with Gasteiger partial charge in [0.1, 0.15) is 0 Å². The van der Waals surface area contributed by atoms with Crippen molar-refractivity contribution >= 4 is 11.6 Å². The molecular weight excluding hydrogens is 298 g/mol. The monoisotopic (exact) mass is 321 g/mol. The lowest BCUT2D eigenvalue weighted by atomic mass is 10.2. The number of ether oxygens (including phenoxy) is 1. The van der Waals surface area contributed by atoms with E-state index in [2.05, 4.69) is 24.1 Å². The lowest BCUT2D eigenvalue weighted by molar-refractivity contribution is -0.384. The van der Waals surface area contributed by atoms with E-state index < -0.39 is 4.92 Å². The number of nitrogens with zero attached hydrogens (tertiary/aromatic N) is 2. The lowest BCUT2D eigenvalue weighted by Gasteiger charge is -2.35. The van der Waals surface area contributed by atoms with E-state index in [4.69, 9.17) is 4.74 Å². The Kier molecular flexibility index (Phi) is 6.06. The minimum Gasteiger partial charge on any atom is -0.373 e. The topological polar surface area (TPSA) is 84.7 Å². The summed E-state index contributed by atoms with van der Waals surface area (Å²) in [4.78, 5) is 24.4. The summed E-state index contributed by atoms with van der Waals surface area (Å²) < 4.78 is 5.69. The fourth-order valence-corrected chi connectivity index (χ4v) is 2.81. The largest absolute Gasteiger partial charge is 0.373 e. The van der Waals surface area contributed by atoms with E-state index in [1.54, 1.807) is 0 Å². The van der Waals surface area contributed by atoms with Crippen molar-refractivity contribution in [3.8, 4) is 0 Å². The normalized spacial score (nSPS) is 21.8. The van der Waals surface area contributed by atoms with Gasteiger partial charge in [0.05, 0.1) is 17.1 Å². The molecule has 126 valence electrons. The number of nitrogens with one attached hydrogen (secondary N) is 1. The third-order valence-corrected chi connectivity index (χ3v) is 3.77. The molecule has 0 saturated carbocycles. The number of nitro groups is 1. The van der Waals surface area contributed by atoms with Crippen LogP contribution >= 0.6 is 0 Å². The zero-order valence-electron chi connectivity index (χ0n) is 13.5. The summed E-state index contributed by atoms with van der Waals surface area (Å²) in [7, 11) is 0. The number of carbonyl (C=O) groups is 1. The number of non-ortho nitro benzene ring substituents is 1. The lowest BCUT2D eigenvalue weighted by Crippen LogP contribution is -2.46. The Morgan fingerprint density at radius 3 is 2.48 bits per heavy atom. The average molecular weight is 321 g/mol. The summed E-state index contributed by atoms with van der Waals surface area (Å²) in [5.41, 5.74) is 0.418. The standard InChI is InChI=1S/C16H23N3O4/c1-12-10-18(11-13(2)23-12)9-3-8-17-16(20)14-4-6-15(7-5-14)19(21)22/h4-7,12-13H,3,8-11H2,1-2H3,(H,17,20). The third kappa shape index (κ3) is 5.30. The van der Waals surface area contributed by atoms with Crippen molar-refractivity contribution in [1.29, 1.82) is 0 Å². The Morgan fingerprint density at radius 2 is 1.91 bits per heavy atom. The molecule has 0 spiro atoms. The average Bonchev–Trinajstić information content (AvgIpc) is 2.50. The van der Waals surface area contributed by atoms with Gasteiger partial charge >= 0.3 is 0 Å². The molecular formula is C16H23N3O4. The van der Waals surface area contributed by atoms with Crippen LogP contribution in [-0.4, -0.2) is 54.1 Å². The number of benzene rings is 1. The fraction of sp³-hybridized carbons (Fsp3) is 0.562. The molecule has 0 aromatic heterocycles. The number of hydrogen-bond acceptors (Lipinski definition) is 5. The van der Waals surface area contributed by atoms with Gasteiger partial charge in [-0.15, -0.1) is 0 Å². The van der Waals surface area contributed by atoms with Gasteiger partial charge in [-0.3, -0.25) is 19.8 Å². The van der Waals surface area contributed by atoms with E-state index >= 15 is 0 Å². The summed E-state index contributed by atoms with van der Waals surface area (Å²) in [5, 5.41) is 13.4. The molecule has 1 aliphatic heterocycles. The van der Waals surface area contributed by atoms with Crippen molar-refractivity contribution in [1.82, 2.24) is 10.2 Å². The predicted octanol–water partition coefficient (Wildman–Crippen LogP) is 1.82. The van der Waals surface area contributed by atoms with Gasteiger partial charge in [-0.25, -0.2) is 0 Å². The first-order valence-corrected chi connectivity index (χ1v) is 7.86. The first-order chi connectivity index (χ1) is 11.0. The van der Waals surface area contributed by atoms with Gasteiger partial charge in [-0.05, 0) is 32.4 Å². The van der Waals surface area contributed by atoms with E-state index in [9.17, 15) is 14.9 Å². The van der Waals surface area contributed by atoms with Crippen LogP contribution in [0.4, 0.5) is 5.69 Å². The summed E-state index contributed by atoms with van der Waals surface area (Å²) in [5.74, 6) is -0.205. The molecule has 1 N–H and O–H groups in total. The highest BCUT2D eigenvalue weighted by atomic mass is 16.6. The van der Waals surface area contributed by atoms with Gasteiger partial charge in [-0.1, -0.05) is 0 Å². The van der Waals surface area contributed by atoms with Gasteiger partial charge in [0.15, 0.2) is 0 Å². The van der Waals surface area contributed by atoms with Crippen LogP contribution in [0.3, 0.4) is 0 Å². The number of nitro benzene ring substituents is 1. The Morgan fingerprint density at radius 1 is 1.30 bits per heavy atom. The molecule has 7 nitrogen and oxygen atoms in total. The number of carbonyl (C=O) groups excluding carboxylic acids is 1. The van der Waals surface area contributed by atoms with Crippen molar-refractivity contribution in [3.63, 3.8) is 0 Å². The Hall–Kier alpha value is -1.99. The van der Waals surface area contributed by atoms with Crippen LogP contribution in [0.2, 0.25) is 0 Å². The van der Waals surface area contributed by atoms with Gasteiger partial charge < -0.3 is 10.1 Å². The summed E-state index contributed by atoms with van der Waals surface area (Å²) in [6.45, 7) is 7.47. The Bertz CT molecular complexity index is 537. The molecule has 2 rings (SSSR count). The van der Waals surface area contributed by atoms with Crippen molar-refractivity contribution in [2.24, 2.45) is 0 Å². The first-order valence-electron chi connectivity index (χ1n) is 7.86. The van der Waals surface area contributed by atoms with Crippen LogP contribution in [-0.2, 0) is 4.74 Å². The molecule has 23 heavy (non-hydrogen) atoms. The van der Waals surface area contributed by atoms with Crippen molar-refractivity contribution in [2.75, 3.05) is 26.2 Å². The third-order valence-electron chi connectivity index (χ3n) is 3.77. The molecule has 0 radical (unpaired) electrons. The van der Waals surface area contributed by atoms with Gasteiger partial charge in [0.2, 0.25) is 0 Å². The number of morpholine rings is 1. The molecule has 1 aromatic carbocycles. The van der Waals surface area contributed by atoms with Crippen molar-refractivity contribution in [3.05, 3.63) is 39.9 Å². The van der Waals surface area contributed by atoms with E-state index in [1.165, 1.54) is 24.3 Å².